The smallest absolute Gasteiger partial charge is 0.189 e. The van der Waals surface area contributed by atoms with Crippen molar-refractivity contribution in [3.05, 3.63) is 56.9 Å². The first-order valence-corrected chi connectivity index (χ1v) is 12.7. The van der Waals surface area contributed by atoms with Gasteiger partial charge >= 0.3 is 0 Å². The molecule has 190 valence electrons. The summed E-state index contributed by atoms with van der Waals surface area (Å²) in [6.07, 6.45) is 2.79. The van der Waals surface area contributed by atoms with Gasteiger partial charge in [0.25, 0.3) is 0 Å². The summed E-state index contributed by atoms with van der Waals surface area (Å²) in [5.41, 5.74) is 0.968. The monoisotopic (exact) mass is 492 g/mol. The molecule has 0 aromatic heterocycles. The number of aliphatic hydroxyl groups is 2. The van der Waals surface area contributed by atoms with Crippen LogP contribution in [0, 0.1) is 24.7 Å². The third-order valence-corrected chi connectivity index (χ3v) is 8.76. The van der Waals surface area contributed by atoms with Gasteiger partial charge < -0.3 is 14.9 Å². The van der Waals surface area contributed by atoms with Gasteiger partial charge in [-0.2, -0.15) is 0 Å². The molecule has 0 radical (unpaired) electrons. The lowest BCUT2D eigenvalue weighted by Gasteiger charge is -2.48. The number of carbonyl (C=O) groups is 4. The lowest BCUT2D eigenvalue weighted by Crippen LogP contribution is -2.52. The third kappa shape index (κ3) is 3.63. The Morgan fingerprint density at radius 1 is 1.11 bits per heavy atom. The Labute approximate surface area is 210 Å². The number of allylic oxidation sites excluding steroid dienone is 2. The van der Waals surface area contributed by atoms with Crippen molar-refractivity contribution in [2.75, 3.05) is 13.2 Å². The Balaban J connectivity index is 1.59. The maximum absolute atomic E-state index is 13.9. The summed E-state index contributed by atoms with van der Waals surface area (Å²) in [4.78, 5) is 52.0. The fraction of sp³-hybridized carbons (Fsp3) is 0.517. The van der Waals surface area contributed by atoms with Crippen molar-refractivity contribution < 1.29 is 34.1 Å². The van der Waals surface area contributed by atoms with Crippen molar-refractivity contribution in [2.45, 2.75) is 64.9 Å². The summed E-state index contributed by atoms with van der Waals surface area (Å²) in [5.74, 6) is -2.63. The fourth-order valence-corrected chi connectivity index (χ4v) is 6.86. The third-order valence-electron chi connectivity index (χ3n) is 8.76. The molecule has 0 saturated carbocycles. The van der Waals surface area contributed by atoms with E-state index in [9.17, 15) is 29.4 Å². The molecule has 0 bridgehead atoms. The SMILES string of the molecule is CC(=O)C1=C(O)[C@]2(O)C(C)=C3C(=O)c4c(C)ccc(C(=O)CC5CCOCC5)c4C[C@@H]3C[C@@H]2CC1=O. The number of ether oxygens (including phenoxy) is 1. The second kappa shape index (κ2) is 8.89. The minimum atomic E-state index is -1.93. The minimum absolute atomic E-state index is 0.0296. The van der Waals surface area contributed by atoms with Crippen LogP contribution in [-0.4, -0.2) is 52.2 Å². The molecule has 0 unspecified atom stereocenters. The molecule has 36 heavy (non-hydrogen) atoms. The van der Waals surface area contributed by atoms with E-state index in [1.54, 1.807) is 13.0 Å². The van der Waals surface area contributed by atoms with Crippen LogP contribution >= 0.6 is 0 Å². The predicted molar refractivity (Wildman–Crippen MR) is 131 cm³/mol. The van der Waals surface area contributed by atoms with Gasteiger partial charge in [-0.1, -0.05) is 12.1 Å². The number of ketones is 4. The highest BCUT2D eigenvalue weighted by molar-refractivity contribution is 6.21. The van der Waals surface area contributed by atoms with Crippen molar-refractivity contribution in [3.8, 4) is 0 Å². The molecule has 1 heterocycles. The van der Waals surface area contributed by atoms with Crippen molar-refractivity contribution in [2.24, 2.45) is 17.8 Å². The van der Waals surface area contributed by atoms with Gasteiger partial charge in [0.15, 0.2) is 23.1 Å². The molecular weight excluding hydrogens is 460 g/mol. The zero-order valence-corrected chi connectivity index (χ0v) is 21.0. The van der Waals surface area contributed by atoms with Gasteiger partial charge in [0.2, 0.25) is 0 Å². The molecule has 1 saturated heterocycles. The van der Waals surface area contributed by atoms with Crippen molar-refractivity contribution >= 4 is 23.1 Å². The van der Waals surface area contributed by atoms with Gasteiger partial charge in [0, 0.05) is 48.7 Å². The maximum atomic E-state index is 13.9. The molecule has 1 aromatic carbocycles. The van der Waals surface area contributed by atoms with E-state index in [2.05, 4.69) is 0 Å². The molecule has 5 rings (SSSR count). The molecule has 3 aliphatic carbocycles. The largest absolute Gasteiger partial charge is 0.508 e. The second-order valence-corrected chi connectivity index (χ2v) is 10.8. The molecule has 3 atom stereocenters. The summed E-state index contributed by atoms with van der Waals surface area (Å²) >= 11 is 0. The molecule has 4 aliphatic rings. The summed E-state index contributed by atoms with van der Waals surface area (Å²) in [7, 11) is 0. The molecule has 2 N–H and O–H groups in total. The van der Waals surface area contributed by atoms with Crippen LogP contribution in [0.25, 0.3) is 0 Å². The van der Waals surface area contributed by atoms with Gasteiger partial charge in [0.1, 0.15) is 16.9 Å². The first-order chi connectivity index (χ1) is 17.1. The highest BCUT2D eigenvalue weighted by Crippen LogP contribution is 2.52. The second-order valence-electron chi connectivity index (χ2n) is 10.8. The molecule has 0 amide bonds. The Morgan fingerprint density at radius 2 is 1.81 bits per heavy atom. The number of carbonyl (C=O) groups excluding carboxylic acids is 4. The summed E-state index contributed by atoms with van der Waals surface area (Å²) in [6, 6.07) is 3.62. The van der Waals surface area contributed by atoms with Crippen LogP contribution in [0.1, 0.15) is 77.8 Å². The average molecular weight is 493 g/mol. The first kappa shape index (κ1) is 24.8. The molecule has 1 aliphatic heterocycles. The Hall–Kier alpha value is -2.90. The fourth-order valence-electron chi connectivity index (χ4n) is 6.86. The normalized spacial score (nSPS) is 28.6. The summed E-state index contributed by atoms with van der Waals surface area (Å²) in [6.45, 7) is 5.95. The van der Waals surface area contributed by atoms with Gasteiger partial charge in [-0.3, -0.25) is 19.2 Å². The summed E-state index contributed by atoms with van der Waals surface area (Å²) in [5, 5.41) is 22.6. The van der Waals surface area contributed by atoms with Crippen LogP contribution < -0.4 is 0 Å². The Bertz CT molecular complexity index is 1260. The number of fused-ring (bicyclic) bond motifs is 3. The lowest BCUT2D eigenvalue weighted by atomic mass is 9.58. The van der Waals surface area contributed by atoms with Crippen LogP contribution in [0.4, 0.5) is 0 Å². The van der Waals surface area contributed by atoms with Crippen LogP contribution in [0.2, 0.25) is 0 Å². The molecule has 1 fully saturated rings. The molecule has 0 spiro atoms. The standard InChI is InChI=1S/C29H32O7/c1-14-4-5-20(22(31)10-17-6-8-36-9-7-17)21-12-18-11-19-13-23(32)26(16(3)30)28(34)29(19,35)15(2)25(18)27(33)24(14)21/h4-5,17-19,34-35H,6-13H2,1-3H3/t18-,19+,29-/m0/s1. The zero-order valence-electron chi connectivity index (χ0n) is 21.0. The van der Waals surface area contributed by atoms with Crippen LogP contribution in [0.15, 0.2) is 34.6 Å². The van der Waals surface area contributed by atoms with Crippen molar-refractivity contribution in [1.29, 1.82) is 0 Å². The lowest BCUT2D eigenvalue weighted by molar-refractivity contribution is -0.126. The number of aliphatic hydroxyl groups excluding tert-OH is 1. The van der Waals surface area contributed by atoms with Crippen LogP contribution in [-0.2, 0) is 20.7 Å². The number of rotatable bonds is 4. The van der Waals surface area contributed by atoms with Crippen molar-refractivity contribution in [1.82, 2.24) is 0 Å². The van der Waals surface area contributed by atoms with Gasteiger partial charge in [-0.15, -0.1) is 0 Å². The molecular formula is C29H32O7. The van der Waals surface area contributed by atoms with Crippen LogP contribution in [0.3, 0.4) is 0 Å². The molecule has 7 nitrogen and oxygen atoms in total. The summed E-state index contributed by atoms with van der Waals surface area (Å²) < 4.78 is 5.42. The minimum Gasteiger partial charge on any atom is -0.508 e. The van der Waals surface area contributed by atoms with E-state index in [0.29, 0.717) is 54.7 Å². The van der Waals surface area contributed by atoms with Gasteiger partial charge in [-0.05, 0) is 75.0 Å². The number of hydrogen-bond donors (Lipinski definition) is 2. The number of aryl methyl sites for hydroxylation is 1. The van der Waals surface area contributed by atoms with E-state index >= 15 is 0 Å². The van der Waals surface area contributed by atoms with E-state index in [1.165, 1.54) is 6.92 Å². The quantitative estimate of drug-likeness (QED) is 0.485. The van der Waals surface area contributed by atoms with Crippen molar-refractivity contribution in [3.63, 3.8) is 0 Å². The number of Topliss-reactive ketones (excluding diaryl/α,β-unsaturated/α-hetero) is 4. The topological polar surface area (TPSA) is 118 Å². The van der Waals surface area contributed by atoms with E-state index in [0.717, 1.165) is 24.0 Å². The first-order valence-electron chi connectivity index (χ1n) is 12.7. The van der Waals surface area contributed by atoms with E-state index in [-0.39, 0.29) is 35.4 Å². The van der Waals surface area contributed by atoms with Crippen LogP contribution in [0.5, 0.6) is 0 Å². The van der Waals surface area contributed by atoms with Gasteiger partial charge in [0.05, 0.1) is 0 Å². The molecule has 7 heteroatoms. The highest BCUT2D eigenvalue weighted by Gasteiger charge is 2.56. The van der Waals surface area contributed by atoms with Gasteiger partial charge in [-0.25, -0.2) is 0 Å². The predicted octanol–water partition coefficient (Wildman–Crippen LogP) is 3.79. The Kier molecular flexibility index (Phi) is 6.12. The Morgan fingerprint density at radius 3 is 2.47 bits per heavy atom. The zero-order chi connectivity index (χ0) is 25.9. The highest BCUT2D eigenvalue weighted by atomic mass is 16.5. The number of benzene rings is 1. The molecule has 1 aromatic rings. The number of hydrogen-bond acceptors (Lipinski definition) is 7. The van der Waals surface area contributed by atoms with E-state index in [1.807, 2.05) is 13.0 Å². The maximum Gasteiger partial charge on any atom is 0.189 e. The van der Waals surface area contributed by atoms with E-state index < -0.39 is 28.8 Å². The van der Waals surface area contributed by atoms with E-state index in [4.69, 9.17) is 4.74 Å². The average Bonchev–Trinajstić information content (AvgIpc) is 2.82.